The summed E-state index contributed by atoms with van der Waals surface area (Å²) >= 11 is 5.79. The first-order valence-corrected chi connectivity index (χ1v) is 6.34. The summed E-state index contributed by atoms with van der Waals surface area (Å²) in [6.07, 6.45) is 2.02. The Kier molecular flexibility index (Phi) is 3.95. The minimum Gasteiger partial charge on any atom is -0.452 e. The van der Waals surface area contributed by atoms with Crippen molar-refractivity contribution >= 4 is 29.2 Å². The average Bonchev–Trinajstić information content (AvgIpc) is 3.21. The van der Waals surface area contributed by atoms with E-state index in [0.717, 1.165) is 12.8 Å². The smallest absolute Gasteiger partial charge is 0.340 e. The van der Waals surface area contributed by atoms with Gasteiger partial charge in [-0.05, 0) is 31.0 Å². The molecule has 0 saturated heterocycles. The maximum atomic E-state index is 11.8. The zero-order valence-electron chi connectivity index (χ0n) is 10.6. The first-order chi connectivity index (χ1) is 8.99. The molecule has 1 aromatic carbocycles. The maximum absolute atomic E-state index is 11.8. The van der Waals surface area contributed by atoms with E-state index in [1.807, 2.05) is 0 Å². The highest BCUT2D eigenvalue weighted by Crippen LogP contribution is 2.25. The van der Waals surface area contributed by atoms with Crippen LogP contribution in [0.3, 0.4) is 0 Å². The zero-order chi connectivity index (χ0) is 14.0. The third kappa shape index (κ3) is 3.38. The molecule has 0 atom stereocenters. The first kappa shape index (κ1) is 13.7. The molecule has 0 aliphatic heterocycles. The van der Waals surface area contributed by atoms with Gasteiger partial charge in [0.1, 0.15) is 0 Å². The van der Waals surface area contributed by atoms with Crippen LogP contribution >= 0.6 is 11.6 Å². The van der Waals surface area contributed by atoms with Crippen molar-refractivity contribution in [1.82, 2.24) is 4.90 Å². The summed E-state index contributed by atoms with van der Waals surface area (Å²) < 4.78 is 4.96. The summed E-state index contributed by atoms with van der Waals surface area (Å²) in [4.78, 5) is 25.1. The third-order valence-corrected chi connectivity index (χ3v) is 3.29. The van der Waals surface area contributed by atoms with Gasteiger partial charge in [0, 0.05) is 23.8 Å². The van der Waals surface area contributed by atoms with Gasteiger partial charge in [0.25, 0.3) is 5.91 Å². The van der Waals surface area contributed by atoms with Crippen LogP contribution in [0, 0.1) is 0 Å². The molecule has 2 rings (SSSR count). The molecule has 0 heterocycles. The fourth-order valence-corrected chi connectivity index (χ4v) is 1.85. The van der Waals surface area contributed by atoms with Crippen LogP contribution in [0.4, 0.5) is 5.69 Å². The van der Waals surface area contributed by atoms with Gasteiger partial charge in [-0.1, -0.05) is 11.6 Å². The summed E-state index contributed by atoms with van der Waals surface area (Å²) in [5.74, 6) is -0.853. The molecule has 5 nitrogen and oxygen atoms in total. The van der Waals surface area contributed by atoms with Crippen molar-refractivity contribution in [3.8, 4) is 0 Å². The Hall–Kier alpha value is -1.75. The molecule has 1 aromatic rings. The Morgan fingerprint density at radius 1 is 1.47 bits per heavy atom. The number of carbonyl (C=O) groups is 2. The van der Waals surface area contributed by atoms with Gasteiger partial charge in [0.05, 0.1) is 5.56 Å². The number of anilines is 1. The molecule has 2 N–H and O–H groups in total. The average molecular weight is 283 g/mol. The molecule has 1 saturated carbocycles. The number of benzene rings is 1. The summed E-state index contributed by atoms with van der Waals surface area (Å²) in [5.41, 5.74) is 6.11. The first-order valence-electron chi connectivity index (χ1n) is 5.97. The predicted molar refractivity (Wildman–Crippen MR) is 71.9 cm³/mol. The zero-order valence-corrected chi connectivity index (χ0v) is 11.3. The van der Waals surface area contributed by atoms with Crippen molar-refractivity contribution in [2.75, 3.05) is 19.4 Å². The van der Waals surface area contributed by atoms with Crippen LogP contribution in [0.1, 0.15) is 23.2 Å². The van der Waals surface area contributed by atoms with Crippen molar-refractivity contribution in [3.05, 3.63) is 28.8 Å². The number of rotatable bonds is 4. The van der Waals surface area contributed by atoms with Crippen molar-refractivity contribution in [3.63, 3.8) is 0 Å². The van der Waals surface area contributed by atoms with E-state index < -0.39 is 5.97 Å². The Morgan fingerprint density at radius 3 is 2.79 bits per heavy atom. The largest absolute Gasteiger partial charge is 0.452 e. The highest BCUT2D eigenvalue weighted by atomic mass is 35.5. The Morgan fingerprint density at radius 2 is 2.16 bits per heavy atom. The lowest BCUT2D eigenvalue weighted by atomic mass is 10.2. The standard InChI is InChI=1S/C13H15ClN2O3/c1-16(9-3-4-9)12(17)7-19-13(18)10-6-8(14)2-5-11(10)15/h2,5-6,9H,3-4,7,15H2,1H3. The summed E-state index contributed by atoms with van der Waals surface area (Å²) in [6, 6.07) is 4.83. The number of nitrogens with two attached hydrogens (primary N) is 1. The highest BCUT2D eigenvalue weighted by Gasteiger charge is 2.30. The molecule has 0 bridgehead atoms. The highest BCUT2D eigenvalue weighted by molar-refractivity contribution is 6.31. The van der Waals surface area contributed by atoms with E-state index in [4.69, 9.17) is 22.1 Å². The molecule has 0 unspecified atom stereocenters. The molecule has 1 fully saturated rings. The normalized spacial score (nSPS) is 14.0. The van der Waals surface area contributed by atoms with Gasteiger partial charge >= 0.3 is 5.97 Å². The molecule has 102 valence electrons. The minimum atomic E-state index is -0.641. The number of esters is 1. The molecule has 0 radical (unpaired) electrons. The molecule has 1 aliphatic carbocycles. The van der Waals surface area contributed by atoms with Crippen LogP contribution in [0.25, 0.3) is 0 Å². The van der Waals surface area contributed by atoms with E-state index in [1.54, 1.807) is 18.0 Å². The number of halogens is 1. The van der Waals surface area contributed by atoms with Crippen LogP contribution in [-0.4, -0.2) is 36.5 Å². The topological polar surface area (TPSA) is 72.6 Å². The summed E-state index contributed by atoms with van der Waals surface area (Å²) in [7, 11) is 1.71. The van der Waals surface area contributed by atoms with E-state index in [-0.39, 0.29) is 23.8 Å². The number of amides is 1. The quantitative estimate of drug-likeness (QED) is 0.674. The molecule has 1 amide bonds. The maximum Gasteiger partial charge on any atom is 0.340 e. The SMILES string of the molecule is CN(C(=O)COC(=O)c1cc(Cl)ccc1N)C1CC1. The third-order valence-electron chi connectivity index (χ3n) is 3.05. The lowest BCUT2D eigenvalue weighted by Gasteiger charge is -2.16. The van der Waals surface area contributed by atoms with Crippen LogP contribution in [0.5, 0.6) is 0 Å². The number of nitrogen functional groups attached to an aromatic ring is 1. The second-order valence-corrected chi connectivity index (χ2v) is 4.98. The molecule has 6 heteroatoms. The second-order valence-electron chi connectivity index (χ2n) is 4.54. The number of hydrogen-bond donors (Lipinski definition) is 1. The minimum absolute atomic E-state index is 0.175. The number of nitrogens with zero attached hydrogens (tertiary/aromatic N) is 1. The number of hydrogen-bond acceptors (Lipinski definition) is 4. The lowest BCUT2D eigenvalue weighted by molar-refractivity contribution is -0.133. The molecule has 0 spiro atoms. The molecule has 1 aliphatic rings. The second kappa shape index (κ2) is 5.48. The van der Waals surface area contributed by atoms with Crippen LogP contribution in [0.15, 0.2) is 18.2 Å². The molecule has 19 heavy (non-hydrogen) atoms. The summed E-state index contributed by atoms with van der Waals surface area (Å²) in [6.45, 7) is -0.280. The summed E-state index contributed by atoms with van der Waals surface area (Å²) in [5, 5.41) is 0.391. The number of ether oxygens (including phenoxy) is 1. The van der Waals surface area contributed by atoms with Gasteiger partial charge in [-0.3, -0.25) is 4.79 Å². The molecule has 0 aromatic heterocycles. The van der Waals surface area contributed by atoms with E-state index in [2.05, 4.69) is 0 Å². The fourth-order valence-electron chi connectivity index (χ4n) is 1.68. The van der Waals surface area contributed by atoms with E-state index in [0.29, 0.717) is 11.1 Å². The Labute approximate surface area is 116 Å². The van der Waals surface area contributed by atoms with Crippen molar-refractivity contribution < 1.29 is 14.3 Å². The van der Waals surface area contributed by atoms with E-state index in [9.17, 15) is 9.59 Å². The van der Waals surface area contributed by atoms with Crippen LogP contribution in [-0.2, 0) is 9.53 Å². The van der Waals surface area contributed by atoms with Crippen molar-refractivity contribution in [2.24, 2.45) is 0 Å². The molecular formula is C13H15ClN2O3. The van der Waals surface area contributed by atoms with Gasteiger partial charge in [0.2, 0.25) is 0 Å². The van der Waals surface area contributed by atoms with E-state index >= 15 is 0 Å². The van der Waals surface area contributed by atoms with Crippen molar-refractivity contribution in [1.29, 1.82) is 0 Å². The Balaban J connectivity index is 1.93. The monoisotopic (exact) mass is 282 g/mol. The predicted octanol–water partition coefficient (Wildman–Crippen LogP) is 1.70. The van der Waals surface area contributed by atoms with Gasteiger partial charge in [-0.2, -0.15) is 0 Å². The van der Waals surface area contributed by atoms with Gasteiger partial charge in [0.15, 0.2) is 6.61 Å². The van der Waals surface area contributed by atoms with Gasteiger partial charge in [-0.15, -0.1) is 0 Å². The van der Waals surface area contributed by atoms with Gasteiger partial charge < -0.3 is 15.4 Å². The van der Waals surface area contributed by atoms with Crippen LogP contribution in [0.2, 0.25) is 5.02 Å². The fraction of sp³-hybridized carbons (Fsp3) is 0.385. The Bertz CT molecular complexity index is 515. The molecular weight excluding hydrogens is 268 g/mol. The van der Waals surface area contributed by atoms with Crippen molar-refractivity contribution in [2.45, 2.75) is 18.9 Å². The lowest BCUT2D eigenvalue weighted by Crippen LogP contribution is -2.33. The van der Waals surface area contributed by atoms with E-state index in [1.165, 1.54) is 12.1 Å². The number of carbonyl (C=O) groups excluding carboxylic acids is 2. The van der Waals surface area contributed by atoms with Gasteiger partial charge in [-0.25, -0.2) is 4.79 Å². The number of likely N-dealkylation sites (N-methyl/N-ethyl adjacent to an activating group) is 1. The van der Waals surface area contributed by atoms with Crippen LogP contribution < -0.4 is 5.73 Å².